The number of fused-ring (bicyclic) bond motifs is 4. The zero-order chi connectivity index (χ0) is 35.1. The van der Waals surface area contributed by atoms with Gasteiger partial charge in [0.1, 0.15) is 0 Å². The van der Waals surface area contributed by atoms with Crippen LogP contribution in [0.3, 0.4) is 0 Å². The fourth-order valence-corrected chi connectivity index (χ4v) is 7.46. The number of hydrogen-bond donors (Lipinski definition) is 0. The van der Waals surface area contributed by atoms with Gasteiger partial charge in [-0.2, -0.15) is 0 Å². The summed E-state index contributed by atoms with van der Waals surface area (Å²) < 4.78 is 2.38. The van der Waals surface area contributed by atoms with E-state index < -0.39 is 0 Å². The van der Waals surface area contributed by atoms with Gasteiger partial charge < -0.3 is 4.57 Å². The largest absolute Gasteiger partial charge is 0.309 e. The summed E-state index contributed by atoms with van der Waals surface area (Å²) in [6.45, 7) is 0. The maximum atomic E-state index is 5.20. The molecule has 0 saturated carbocycles. The predicted molar refractivity (Wildman–Crippen MR) is 219 cm³/mol. The maximum absolute atomic E-state index is 5.20. The van der Waals surface area contributed by atoms with Crippen LogP contribution in [0.1, 0.15) is 0 Å². The first-order valence-corrected chi connectivity index (χ1v) is 17.9. The molecule has 0 aliphatic rings. The number of para-hydroxylation sites is 2. The predicted octanol–water partition coefficient (Wildman–Crippen LogP) is 12.5. The molecule has 0 fully saturated rings. The van der Waals surface area contributed by atoms with Gasteiger partial charge in [0.15, 0.2) is 17.5 Å². The lowest BCUT2D eigenvalue weighted by Gasteiger charge is -2.16. The molecule has 10 rings (SSSR count). The molecule has 248 valence electrons. The third-order valence-electron chi connectivity index (χ3n) is 10.0. The lowest BCUT2D eigenvalue weighted by molar-refractivity contribution is 1.07. The van der Waals surface area contributed by atoms with Crippen LogP contribution in [0.25, 0.3) is 94.7 Å². The molecular formula is C49H32N4. The van der Waals surface area contributed by atoms with Crippen molar-refractivity contribution in [3.05, 3.63) is 194 Å². The van der Waals surface area contributed by atoms with Crippen molar-refractivity contribution in [3.8, 4) is 62.1 Å². The van der Waals surface area contributed by atoms with Gasteiger partial charge in [-0.3, -0.25) is 0 Å². The molecule has 8 aromatic carbocycles. The Morgan fingerprint density at radius 3 is 1.49 bits per heavy atom. The molecule has 0 N–H and O–H groups in total. The summed E-state index contributed by atoms with van der Waals surface area (Å²) in [6, 6.07) is 68.1. The lowest BCUT2D eigenvalue weighted by atomic mass is 9.99. The van der Waals surface area contributed by atoms with Crippen LogP contribution >= 0.6 is 0 Å². The maximum Gasteiger partial charge on any atom is 0.164 e. The van der Waals surface area contributed by atoms with Crippen LogP contribution in [0.5, 0.6) is 0 Å². The van der Waals surface area contributed by atoms with E-state index in [1.165, 1.54) is 21.5 Å². The second-order valence-corrected chi connectivity index (χ2v) is 13.3. The van der Waals surface area contributed by atoms with Crippen molar-refractivity contribution in [1.82, 2.24) is 19.5 Å². The van der Waals surface area contributed by atoms with Crippen molar-refractivity contribution in [2.75, 3.05) is 0 Å². The molecule has 0 unspecified atom stereocenters. The van der Waals surface area contributed by atoms with Gasteiger partial charge >= 0.3 is 0 Å². The topological polar surface area (TPSA) is 43.6 Å². The Morgan fingerprint density at radius 1 is 0.302 bits per heavy atom. The van der Waals surface area contributed by atoms with E-state index in [4.69, 9.17) is 15.0 Å². The standard InChI is InChI=1S/C49H32N4/c1-3-15-34(16-4-1)41-29-28-40(32-46(41)53-44-24-11-9-22-42(44)43-23-10-12-25-45(43)53)49-51-47(35-17-5-2-6-18-35)50-48(52-49)39-21-13-20-37(31-39)38-27-26-33-14-7-8-19-36(33)30-38/h1-32H. The van der Waals surface area contributed by atoms with E-state index in [1.54, 1.807) is 0 Å². The number of aromatic nitrogens is 4. The summed E-state index contributed by atoms with van der Waals surface area (Å²) in [5.41, 5.74) is 10.7. The van der Waals surface area contributed by atoms with E-state index in [1.807, 2.05) is 18.2 Å². The Bertz CT molecular complexity index is 2890. The summed E-state index contributed by atoms with van der Waals surface area (Å²) in [5, 5.41) is 4.86. The first-order chi connectivity index (χ1) is 26.3. The van der Waals surface area contributed by atoms with Crippen LogP contribution < -0.4 is 0 Å². The van der Waals surface area contributed by atoms with Crippen molar-refractivity contribution in [2.24, 2.45) is 0 Å². The summed E-state index contributed by atoms with van der Waals surface area (Å²) >= 11 is 0. The van der Waals surface area contributed by atoms with E-state index in [9.17, 15) is 0 Å². The van der Waals surface area contributed by atoms with Crippen LogP contribution in [-0.2, 0) is 0 Å². The second kappa shape index (κ2) is 12.9. The quantitative estimate of drug-likeness (QED) is 0.176. The van der Waals surface area contributed by atoms with Crippen molar-refractivity contribution < 1.29 is 0 Å². The van der Waals surface area contributed by atoms with Gasteiger partial charge in [-0.1, -0.05) is 164 Å². The molecule has 2 heterocycles. The van der Waals surface area contributed by atoms with Crippen molar-refractivity contribution in [1.29, 1.82) is 0 Å². The Morgan fingerprint density at radius 2 is 0.792 bits per heavy atom. The molecule has 10 aromatic rings. The molecule has 0 spiro atoms. The van der Waals surface area contributed by atoms with Gasteiger partial charge in [-0.25, -0.2) is 15.0 Å². The van der Waals surface area contributed by atoms with Crippen LogP contribution in [0.15, 0.2) is 194 Å². The highest BCUT2D eigenvalue weighted by molar-refractivity contribution is 6.09. The van der Waals surface area contributed by atoms with Gasteiger partial charge in [-0.05, 0) is 57.8 Å². The molecule has 4 heteroatoms. The third kappa shape index (κ3) is 5.54. The van der Waals surface area contributed by atoms with Crippen LogP contribution in [-0.4, -0.2) is 19.5 Å². The van der Waals surface area contributed by atoms with Crippen LogP contribution in [0.4, 0.5) is 0 Å². The Labute approximate surface area is 307 Å². The van der Waals surface area contributed by atoms with Gasteiger partial charge in [0.05, 0.1) is 16.7 Å². The monoisotopic (exact) mass is 676 g/mol. The van der Waals surface area contributed by atoms with E-state index in [2.05, 4.69) is 180 Å². The molecule has 0 aliphatic heterocycles. The molecule has 0 atom stereocenters. The average Bonchev–Trinajstić information content (AvgIpc) is 3.58. The highest BCUT2D eigenvalue weighted by Crippen LogP contribution is 2.38. The fraction of sp³-hybridized carbons (Fsp3) is 0. The van der Waals surface area contributed by atoms with Crippen molar-refractivity contribution in [2.45, 2.75) is 0 Å². The summed E-state index contributed by atoms with van der Waals surface area (Å²) in [6.07, 6.45) is 0. The first kappa shape index (κ1) is 30.6. The van der Waals surface area contributed by atoms with E-state index >= 15 is 0 Å². The molecule has 4 nitrogen and oxygen atoms in total. The average molecular weight is 677 g/mol. The number of benzene rings is 8. The van der Waals surface area contributed by atoms with Gasteiger partial charge in [0, 0.05) is 33.0 Å². The summed E-state index contributed by atoms with van der Waals surface area (Å²) in [4.78, 5) is 15.4. The normalized spacial score (nSPS) is 11.4. The van der Waals surface area contributed by atoms with Gasteiger partial charge in [0.25, 0.3) is 0 Å². The van der Waals surface area contributed by atoms with Gasteiger partial charge in [-0.15, -0.1) is 0 Å². The molecule has 53 heavy (non-hydrogen) atoms. The number of rotatable bonds is 6. The zero-order valence-electron chi connectivity index (χ0n) is 28.8. The highest BCUT2D eigenvalue weighted by Gasteiger charge is 2.19. The van der Waals surface area contributed by atoms with E-state index in [0.29, 0.717) is 17.5 Å². The van der Waals surface area contributed by atoms with Crippen LogP contribution in [0, 0.1) is 0 Å². The van der Waals surface area contributed by atoms with Crippen molar-refractivity contribution in [3.63, 3.8) is 0 Å². The third-order valence-corrected chi connectivity index (χ3v) is 10.0. The van der Waals surface area contributed by atoms with E-state index in [0.717, 1.165) is 55.7 Å². The minimum absolute atomic E-state index is 0.617. The van der Waals surface area contributed by atoms with Crippen LogP contribution in [0.2, 0.25) is 0 Å². The Balaban J connectivity index is 1.18. The molecule has 0 bridgehead atoms. The highest BCUT2D eigenvalue weighted by atomic mass is 15.0. The summed E-state index contributed by atoms with van der Waals surface area (Å²) in [5.74, 6) is 1.88. The van der Waals surface area contributed by atoms with E-state index in [-0.39, 0.29) is 0 Å². The Kier molecular flexibility index (Phi) is 7.43. The minimum Gasteiger partial charge on any atom is -0.309 e. The molecule has 0 aliphatic carbocycles. The molecule has 2 aromatic heterocycles. The first-order valence-electron chi connectivity index (χ1n) is 17.9. The Hall–Kier alpha value is -7.17. The number of hydrogen-bond acceptors (Lipinski definition) is 3. The lowest BCUT2D eigenvalue weighted by Crippen LogP contribution is -2.02. The molecule has 0 amide bonds. The molecule has 0 saturated heterocycles. The van der Waals surface area contributed by atoms with Gasteiger partial charge in [0.2, 0.25) is 0 Å². The zero-order valence-corrected chi connectivity index (χ0v) is 28.8. The fourth-order valence-electron chi connectivity index (χ4n) is 7.46. The second-order valence-electron chi connectivity index (χ2n) is 13.3. The minimum atomic E-state index is 0.617. The smallest absolute Gasteiger partial charge is 0.164 e. The number of nitrogens with zero attached hydrogens (tertiary/aromatic N) is 4. The SMILES string of the molecule is c1ccc(-c2nc(-c3cccc(-c4ccc5ccccc5c4)c3)nc(-c3ccc(-c4ccccc4)c(-n4c5ccccc5c5ccccc54)c3)n2)cc1. The van der Waals surface area contributed by atoms with Crippen molar-refractivity contribution >= 4 is 32.6 Å². The molecular weight excluding hydrogens is 645 g/mol. The molecule has 0 radical (unpaired) electrons. The summed E-state index contributed by atoms with van der Waals surface area (Å²) in [7, 11) is 0.